The van der Waals surface area contributed by atoms with E-state index in [4.69, 9.17) is 33.5 Å². The Bertz CT molecular complexity index is 120. The van der Waals surface area contributed by atoms with Crippen LogP contribution < -0.4 is 27.6 Å². The van der Waals surface area contributed by atoms with Gasteiger partial charge in [0.1, 0.15) is 0 Å². The molecular weight excluding hydrogens is 298 g/mol. The average molecular weight is 314 g/mol. The number of nitriles is 2. The Morgan fingerprint density at radius 2 is 0.812 bits per heavy atom. The first-order valence-electron chi connectivity index (χ1n) is 3.49. The Morgan fingerprint density at radius 3 is 0.812 bits per heavy atom. The molecule has 0 radical (unpaired) electrons. The van der Waals surface area contributed by atoms with Crippen LogP contribution >= 0.6 is 0 Å². The van der Waals surface area contributed by atoms with Crippen molar-refractivity contribution in [1.29, 1.82) is 10.5 Å². The Balaban J connectivity index is -0.0000000202. The molecule has 0 rings (SSSR count). The van der Waals surface area contributed by atoms with E-state index in [1.54, 1.807) is 0 Å². The molecule has 0 aromatic heterocycles. The normalized spacial score (nSPS) is 4.62. The maximum atomic E-state index is 7.13. The van der Waals surface area contributed by atoms with Crippen LogP contribution in [0.15, 0.2) is 0 Å². The summed E-state index contributed by atoms with van der Waals surface area (Å²) in [4.78, 5) is 0. The smallest absolute Gasteiger partial charge is 1.00 e. The van der Waals surface area contributed by atoms with Gasteiger partial charge in [0.05, 0.1) is 0 Å². The van der Waals surface area contributed by atoms with Crippen molar-refractivity contribution in [1.82, 2.24) is 0 Å². The Kier molecular flexibility index (Phi) is 191. The van der Waals surface area contributed by atoms with E-state index in [9.17, 15) is 0 Å². The third kappa shape index (κ3) is 767. The van der Waals surface area contributed by atoms with Gasteiger partial charge in [-0.15, -0.1) is 0 Å². The topological polar surface area (TPSA) is 152 Å². The van der Waals surface area contributed by atoms with Crippen molar-refractivity contribution in [3.63, 3.8) is 0 Å². The molecular formula is C6H16CoFN6S2. The first-order valence-corrected chi connectivity index (χ1v) is 4.30. The van der Waals surface area contributed by atoms with Crippen molar-refractivity contribution >= 4 is 25.3 Å². The summed E-state index contributed by atoms with van der Waals surface area (Å²) in [5, 5.41) is 16.9. The molecule has 6 nitrogen and oxygen atoms in total. The molecule has 0 aliphatic rings. The predicted octanol–water partition coefficient (Wildman–Crippen LogP) is -5.16. The van der Waals surface area contributed by atoms with Crippen LogP contribution in [0.4, 0.5) is 0 Å². The third-order valence-electron chi connectivity index (χ3n) is 0.333. The van der Waals surface area contributed by atoms with E-state index < -0.39 is 0 Å². The van der Waals surface area contributed by atoms with Gasteiger partial charge in [-0.1, -0.05) is 10.8 Å². The minimum Gasteiger partial charge on any atom is -1.00 e. The Hall–Kier alpha value is -0.304. The van der Waals surface area contributed by atoms with Crippen LogP contribution in [0.5, 0.6) is 0 Å². The van der Waals surface area contributed by atoms with E-state index in [0.717, 1.165) is 0 Å². The minimum absolute atomic E-state index is 0. The molecule has 98 valence electrons. The van der Waals surface area contributed by atoms with E-state index in [1.165, 1.54) is 10.8 Å². The molecule has 0 aliphatic heterocycles. The Labute approximate surface area is 117 Å². The number of hydrogen-bond donors (Lipinski definition) is 4. The standard InChI is InChI=1S/2C2H8N2.2CHNS.Co.FH/c2*3-1-2-4;2*2-1-3;;/h2*1-4H2;2*3H;;1H/q;;;;+3;/p-3. The Morgan fingerprint density at radius 1 is 0.750 bits per heavy atom. The summed E-state index contributed by atoms with van der Waals surface area (Å²) in [7, 11) is 0. The molecule has 0 heterocycles. The second kappa shape index (κ2) is 85.0. The van der Waals surface area contributed by atoms with Gasteiger partial charge >= 0.3 is 16.8 Å². The van der Waals surface area contributed by atoms with E-state index in [0.29, 0.717) is 26.2 Å². The molecule has 0 saturated heterocycles. The van der Waals surface area contributed by atoms with Crippen LogP contribution in [0.25, 0.3) is 0 Å². The molecule has 0 saturated carbocycles. The van der Waals surface area contributed by atoms with Gasteiger partial charge in [0.25, 0.3) is 0 Å². The van der Waals surface area contributed by atoms with E-state index in [1.807, 2.05) is 0 Å². The van der Waals surface area contributed by atoms with Crippen LogP contribution in [-0.2, 0) is 42.0 Å². The number of hydrogen-bond acceptors (Lipinski definition) is 8. The zero-order chi connectivity index (χ0) is 12.2. The van der Waals surface area contributed by atoms with Crippen molar-refractivity contribution in [3.8, 4) is 10.8 Å². The van der Waals surface area contributed by atoms with Crippen LogP contribution in [0.1, 0.15) is 0 Å². The second-order valence-electron chi connectivity index (χ2n) is 1.34. The molecule has 0 amide bonds. The summed E-state index contributed by atoms with van der Waals surface area (Å²) in [6.07, 6.45) is 0. The van der Waals surface area contributed by atoms with E-state index in [2.05, 4.69) is 25.3 Å². The molecule has 0 unspecified atom stereocenters. The largest absolute Gasteiger partial charge is 3.00 e. The fourth-order valence-electron chi connectivity index (χ4n) is 0. The van der Waals surface area contributed by atoms with Crippen LogP contribution in [-0.4, -0.2) is 26.2 Å². The van der Waals surface area contributed by atoms with Crippen LogP contribution in [0, 0.1) is 21.3 Å². The first kappa shape index (κ1) is 36.1. The van der Waals surface area contributed by atoms with Crippen LogP contribution in [0.3, 0.4) is 0 Å². The molecule has 10 heteroatoms. The summed E-state index contributed by atoms with van der Waals surface area (Å²) < 4.78 is 0. The maximum Gasteiger partial charge on any atom is 3.00 e. The van der Waals surface area contributed by atoms with Gasteiger partial charge in [0.15, 0.2) is 0 Å². The van der Waals surface area contributed by atoms with E-state index in [-0.39, 0.29) is 21.5 Å². The fraction of sp³-hybridized carbons (Fsp3) is 0.667. The van der Waals surface area contributed by atoms with Crippen molar-refractivity contribution in [2.75, 3.05) is 26.2 Å². The molecule has 0 aromatic rings. The maximum absolute atomic E-state index is 7.13. The average Bonchev–Trinajstić information content (AvgIpc) is 2.20. The SMILES string of the molecule is N#C[S-].N#C[S-].NCCN.NCCN.[Co+3].[F-]. The zero-order valence-corrected chi connectivity index (χ0v) is 11.2. The van der Waals surface area contributed by atoms with Gasteiger partial charge in [-0.2, -0.15) is 0 Å². The predicted molar refractivity (Wildman–Crippen MR) is 62.2 cm³/mol. The zero-order valence-electron chi connectivity index (χ0n) is 8.56. The summed E-state index contributed by atoms with van der Waals surface area (Å²) >= 11 is 7.40. The molecule has 0 fully saturated rings. The third-order valence-corrected chi connectivity index (χ3v) is 0.333. The quantitative estimate of drug-likeness (QED) is 0.292. The molecule has 0 atom stereocenters. The van der Waals surface area contributed by atoms with Gasteiger partial charge in [0.2, 0.25) is 0 Å². The number of thiocyanates is 2. The summed E-state index contributed by atoms with van der Waals surface area (Å²) in [6.45, 7) is 2.39. The molecule has 0 aliphatic carbocycles. The monoisotopic (exact) mass is 314 g/mol. The molecule has 16 heavy (non-hydrogen) atoms. The number of nitrogens with two attached hydrogens (primary N) is 4. The van der Waals surface area contributed by atoms with Crippen molar-refractivity contribution in [2.45, 2.75) is 0 Å². The number of nitrogens with zero attached hydrogens (tertiary/aromatic N) is 2. The van der Waals surface area contributed by atoms with Gasteiger partial charge in [-0.25, -0.2) is 10.5 Å². The molecule has 0 aromatic carbocycles. The first-order chi connectivity index (χ1) is 6.66. The number of rotatable bonds is 2. The minimum atomic E-state index is 0. The van der Waals surface area contributed by atoms with Crippen molar-refractivity contribution < 1.29 is 21.5 Å². The molecule has 0 spiro atoms. The van der Waals surface area contributed by atoms with Gasteiger partial charge in [0, 0.05) is 26.2 Å². The fourth-order valence-corrected chi connectivity index (χ4v) is 0. The van der Waals surface area contributed by atoms with Crippen molar-refractivity contribution in [3.05, 3.63) is 0 Å². The van der Waals surface area contributed by atoms with Crippen molar-refractivity contribution in [2.24, 2.45) is 22.9 Å². The van der Waals surface area contributed by atoms with Gasteiger partial charge < -0.3 is 52.9 Å². The summed E-state index contributed by atoms with van der Waals surface area (Å²) in [5.41, 5.74) is 19.6. The van der Waals surface area contributed by atoms with Gasteiger partial charge in [-0.05, 0) is 0 Å². The van der Waals surface area contributed by atoms with Gasteiger partial charge in [-0.3, -0.25) is 0 Å². The second-order valence-corrected chi connectivity index (χ2v) is 1.70. The summed E-state index contributed by atoms with van der Waals surface area (Å²) in [5.74, 6) is 0. The van der Waals surface area contributed by atoms with E-state index >= 15 is 0 Å². The number of halogens is 1. The molecule has 0 bridgehead atoms. The summed E-state index contributed by atoms with van der Waals surface area (Å²) in [6, 6.07) is 0. The van der Waals surface area contributed by atoms with Crippen LogP contribution in [0.2, 0.25) is 0 Å². The molecule has 8 N–H and O–H groups in total.